The molecule has 98 valence electrons. The summed E-state index contributed by atoms with van der Waals surface area (Å²) in [6, 6.07) is 2.77. The van der Waals surface area contributed by atoms with Gasteiger partial charge in [0, 0.05) is 24.5 Å². The standard InChI is InChI=1S/C12H16ClN3O2/c1-8(13)9-4-6-16(7-5-9)12(18)10-2-3-11(17)15-14-10/h2-3,8-9H,4-7H2,1H3,(H,15,17). The monoisotopic (exact) mass is 269 g/mol. The quantitative estimate of drug-likeness (QED) is 0.822. The van der Waals surface area contributed by atoms with Gasteiger partial charge in [-0.25, -0.2) is 5.10 Å². The van der Waals surface area contributed by atoms with Crippen molar-refractivity contribution in [3.8, 4) is 0 Å². The molecule has 0 aromatic carbocycles. The van der Waals surface area contributed by atoms with E-state index in [4.69, 9.17) is 11.6 Å². The number of aromatic nitrogens is 2. The van der Waals surface area contributed by atoms with Crippen LogP contribution in [0.15, 0.2) is 16.9 Å². The topological polar surface area (TPSA) is 66.1 Å². The second-order valence-corrected chi connectivity index (χ2v) is 5.30. The van der Waals surface area contributed by atoms with Gasteiger partial charge in [0.25, 0.3) is 11.5 Å². The number of nitrogens with one attached hydrogen (secondary N) is 1. The zero-order valence-corrected chi connectivity index (χ0v) is 11.0. The molecule has 0 bridgehead atoms. The first kappa shape index (κ1) is 13.1. The fourth-order valence-electron chi connectivity index (χ4n) is 2.19. The van der Waals surface area contributed by atoms with Crippen molar-refractivity contribution in [1.82, 2.24) is 15.1 Å². The average Bonchev–Trinajstić information content (AvgIpc) is 2.39. The molecule has 1 atom stereocenters. The van der Waals surface area contributed by atoms with Crippen molar-refractivity contribution in [3.63, 3.8) is 0 Å². The summed E-state index contributed by atoms with van der Waals surface area (Å²) in [6.07, 6.45) is 1.83. The van der Waals surface area contributed by atoms with Gasteiger partial charge >= 0.3 is 0 Å². The van der Waals surface area contributed by atoms with Crippen LogP contribution in [0.5, 0.6) is 0 Å². The zero-order chi connectivity index (χ0) is 13.1. The molecule has 1 unspecified atom stereocenters. The Morgan fingerprint density at radius 3 is 2.67 bits per heavy atom. The van der Waals surface area contributed by atoms with E-state index in [1.165, 1.54) is 12.1 Å². The number of alkyl halides is 1. The fourth-order valence-corrected chi connectivity index (χ4v) is 2.44. The second-order valence-electron chi connectivity index (χ2n) is 4.61. The van der Waals surface area contributed by atoms with E-state index >= 15 is 0 Å². The Morgan fingerprint density at radius 1 is 1.50 bits per heavy atom. The van der Waals surface area contributed by atoms with Gasteiger partial charge in [0.2, 0.25) is 0 Å². The molecule has 0 radical (unpaired) electrons. The van der Waals surface area contributed by atoms with Crippen molar-refractivity contribution in [1.29, 1.82) is 0 Å². The lowest BCUT2D eigenvalue weighted by molar-refractivity contribution is 0.0683. The molecule has 1 fully saturated rings. The molecule has 1 aliphatic rings. The Balaban J connectivity index is 1.99. The molecule has 1 aliphatic heterocycles. The predicted octanol–water partition coefficient (Wildman–Crippen LogP) is 1.25. The molecule has 1 N–H and O–H groups in total. The van der Waals surface area contributed by atoms with Crippen LogP contribution in [-0.4, -0.2) is 39.5 Å². The van der Waals surface area contributed by atoms with E-state index in [-0.39, 0.29) is 22.5 Å². The molecule has 0 saturated carbocycles. The lowest BCUT2D eigenvalue weighted by Crippen LogP contribution is -2.40. The summed E-state index contributed by atoms with van der Waals surface area (Å²) in [4.78, 5) is 24.7. The first-order valence-corrected chi connectivity index (χ1v) is 6.50. The van der Waals surface area contributed by atoms with Crippen LogP contribution in [0, 0.1) is 5.92 Å². The fraction of sp³-hybridized carbons (Fsp3) is 0.583. The summed E-state index contributed by atoms with van der Waals surface area (Å²) in [5.74, 6) is 0.339. The highest BCUT2D eigenvalue weighted by Gasteiger charge is 2.26. The van der Waals surface area contributed by atoms with Gasteiger partial charge in [-0.05, 0) is 31.7 Å². The summed E-state index contributed by atoms with van der Waals surface area (Å²) < 4.78 is 0. The van der Waals surface area contributed by atoms with Gasteiger partial charge in [0.1, 0.15) is 5.69 Å². The molecule has 0 spiro atoms. The van der Waals surface area contributed by atoms with E-state index in [2.05, 4.69) is 10.2 Å². The van der Waals surface area contributed by atoms with Crippen LogP contribution >= 0.6 is 11.6 Å². The van der Waals surface area contributed by atoms with Crippen molar-refractivity contribution in [2.24, 2.45) is 5.92 Å². The molecule has 18 heavy (non-hydrogen) atoms. The maximum atomic E-state index is 12.1. The van der Waals surface area contributed by atoms with Crippen LogP contribution in [0.1, 0.15) is 30.3 Å². The Morgan fingerprint density at radius 2 is 2.17 bits per heavy atom. The minimum atomic E-state index is -0.304. The minimum absolute atomic E-state index is 0.132. The predicted molar refractivity (Wildman–Crippen MR) is 68.8 cm³/mol. The number of piperidine rings is 1. The van der Waals surface area contributed by atoms with Crippen molar-refractivity contribution in [3.05, 3.63) is 28.2 Å². The maximum Gasteiger partial charge on any atom is 0.274 e. The van der Waals surface area contributed by atoms with Crippen molar-refractivity contribution in [2.75, 3.05) is 13.1 Å². The Bertz CT molecular complexity index is 458. The largest absolute Gasteiger partial charge is 0.337 e. The smallest absolute Gasteiger partial charge is 0.274 e. The van der Waals surface area contributed by atoms with E-state index < -0.39 is 0 Å². The molecule has 6 heteroatoms. The molecule has 1 amide bonds. The molecule has 5 nitrogen and oxygen atoms in total. The van der Waals surface area contributed by atoms with Crippen LogP contribution in [0.4, 0.5) is 0 Å². The van der Waals surface area contributed by atoms with Gasteiger partial charge in [-0.2, -0.15) is 5.10 Å². The highest BCUT2D eigenvalue weighted by molar-refractivity contribution is 6.20. The van der Waals surface area contributed by atoms with Crippen LogP contribution in [-0.2, 0) is 0 Å². The highest BCUT2D eigenvalue weighted by atomic mass is 35.5. The Hall–Kier alpha value is -1.36. The molecule has 0 aliphatic carbocycles. The maximum absolute atomic E-state index is 12.1. The molecule has 1 aromatic rings. The average molecular weight is 270 g/mol. The summed E-state index contributed by atoms with van der Waals surface area (Å²) in [5, 5.41) is 6.17. The van der Waals surface area contributed by atoms with Crippen LogP contribution in [0.25, 0.3) is 0 Å². The Kier molecular flexibility index (Phi) is 4.01. The number of hydrogen-bond acceptors (Lipinski definition) is 3. The summed E-state index contributed by atoms with van der Waals surface area (Å²) in [6.45, 7) is 3.38. The normalized spacial score (nSPS) is 18.7. The Labute approximate surface area is 110 Å². The molecule has 2 rings (SSSR count). The first-order chi connectivity index (χ1) is 8.58. The SMILES string of the molecule is CC(Cl)C1CCN(C(=O)c2ccc(=O)[nH]n2)CC1. The summed E-state index contributed by atoms with van der Waals surface area (Å²) >= 11 is 6.06. The molecular weight excluding hydrogens is 254 g/mol. The highest BCUT2D eigenvalue weighted by Crippen LogP contribution is 2.24. The first-order valence-electron chi connectivity index (χ1n) is 6.07. The molecular formula is C12H16ClN3O2. The number of halogens is 1. The van der Waals surface area contributed by atoms with Gasteiger partial charge in [0.05, 0.1) is 0 Å². The lowest BCUT2D eigenvalue weighted by Gasteiger charge is -2.32. The number of nitrogens with zero attached hydrogens (tertiary/aromatic N) is 2. The van der Waals surface area contributed by atoms with E-state index in [0.717, 1.165) is 12.8 Å². The van der Waals surface area contributed by atoms with E-state index in [0.29, 0.717) is 19.0 Å². The number of rotatable bonds is 2. The number of carbonyl (C=O) groups is 1. The number of aromatic amines is 1. The molecule has 1 aromatic heterocycles. The number of likely N-dealkylation sites (tertiary alicyclic amines) is 1. The van der Waals surface area contributed by atoms with Gasteiger partial charge in [-0.3, -0.25) is 9.59 Å². The van der Waals surface area contributed by atoms with Crippen LogP contribution in [0.3, 0.4) is 0 Å². The van der Waals surface area contributed by atoms with Crippen molar-refractivity contribution in [2.45, 2.75) is 25.1 Å². The van der Waals surface area contributed by atoms with Gasteiger partial charge in [-0.15, -0.1) is 11.6 Å². The number of H-pyrrole nitrogens is 1. The number of hydrogen-bond donors (Lipinski definition) is 1. The van der Waals surface area contributed by atoms with E-state index in [1.54, 1.807) is 4.90 Å². The van der Waals surface area contributed by atoms with Crippen molar-refractivity contribution < 1.29 is 4.79 Å². The van der Waals surface area contributed by atoms with Crippen LogP contribution < -0.4 is 5.56 Å². The zero-order valence-electron chi connectivity index (χ0n) is 10.2. The third-order valence-electron chi connectivity index (χ3n) is 3.37. The second kappa shape index (κ2) is 5.52. The van der Waals surface area contributed by atoms with Crippen molar-refractivity contribution >= 4 is 17.5 Å². The third kappa shape index (κ3) is 2.90. The van der Waals surface area contributed by atoms with E-state index in [1.807, 2.05) is 6.92 Å². The van der Waals surface area contributed by atoms with E-state index in [9.17, 15) is 9.59 Å². The summed E-state index contributed by atoms with van der Waals surface area (Å²) in [5.41, 5.74) is -0.0202. The van der Waals surface area contributed by atoms with Gasteiger partial charge < -0.3 is 4.90 Å². The number of amides is 1. The van der Waals surface area contributed by atoms with Gasteiger partial charge in [0.15, 0.2) is 0 Å². The molecule has 2 heterocycles. The van der Waals surface area contributed by atoms with Crippen LogP contribution in [0.2, 0.25) is 0 Å². The number of carbonyl (C=O) groups excluding carboxylic acids is 1. The minimum Gasteiger partial charge on any atom is -0.337 e. The summed E-state index contributed by atoms with van der Waals surface area (Å²) in [7, 11) is 0. The third-order valence-corrected chi connectivity index (χ3v) is 3.73. The van der Waals surface area contributed by atoms with Gasteiger partial charge in [-0.1, -0.05) is 0 Å². The molecule has 1 saturated heterocycles. The lowest BCUT2D eigenvalue weighted by atomic mass is 9.94.